The van der Waals surface area contributed by atoms with Crippen molar-refractivity contribution in [2.24, 2.45) is 16.7 Å². The van der Waals surface area contributed by atoms with Crippen molar-refractivity contribution in [3.05, 3.63) is 27.9 Å². The van der Waals surface area contributed by atoms with Crippen LogP contribution in [-0.2, 0) is 4.74 Å². The molecule has 3 rings (SSSR count). The maximum Gasteiger partial charge on any atom is 0.378 e. The number of rotatable bonds is 3. The molecule has 0 spiro atoms. The van der Waals surface area contributed by atoms with Gasteiger partial charge in [0.15, 0.2) is 0 Å². The molecular formula is C15H20N2O4. The molecule has 3 atom stereocenters. The molecule has 1 aromatic heterocycles. The van der Waals surface area contributed by atoms with Crippen molar-refractivity contribution < 1.29 is 14.5 Å². The molecule has 0 amide bonds. The highest BCUT2D eigenvalue weighted by Gasteiger charge is 2.63. The van der Waals surface area contributed by atoms with Crippen LogP contribution in [0.25, 0.3) is 0 Å². The summed E-state index contributed by atoms with van der Waals surface area (Å²) in [5.41, 5.74) is 0.303. The van der Waals surface area contributed by atoms with E-state index in [1.165, 1.54) is 18.6 Å². The summed E-state index contributed by atoms with van der Waals surface area (Å²) >= 11 is 0. The average Bonchev–Trinajstić information content (AvgIpc) is 3.02. The fourth-order valence-corrected chi connectivity index (χ4v) is 4.11. The third kappa shape index (κ3) is 1.88. The Labute approximate surface area is 123 Å². The summed E-state index contributed by atoms with van der Waals surface area (Å²) < 4.78 is 5.67. The average molecular weight is 292 g/mol. The van der Waals surface area contributed by atoms with Gasteiger partial charge in [-0.05, 0) is 35.5 Å². The van der Waals surface area contributed by atoms with Crippen molar-refractivity contribution in [3.8, 4) is 0 Å². The SMILES string of the molecule is CC1(C)C2CCC1(C)C(OC(=O)c1ccc([N+](=O)[O-])[nH]1)C2. The lowest BCUT2D eigenvalue weighted by atomic mass is 9.70. The van der Waals surface area contributed by atoms with Crippen LogP contribution in [0.4, 0.5) is 5.82 Å². The minimum absolute atomic E-state index is 0.00808. The Morgan fingerprint density at radius 1 is 1.43 bits per heavy atom. The van der Waals surface area contributed by atoms with Crippen LogP contribution in [0, 0.1) is 26.9 Å². The lowest BCUT2D eigenvalue weighted by molar-refractivity contribution is -0.389. The quantitative estimate of drug-likeness (QED) is 0.526. The zero-order valence-electron chi connectivity index (χ0n) is 12.5. The minimum Gasteiger partial charge on any atom is -0.456 e. The van der Waals surface area contributed by atoms with Crippen molar-refractivity contribution in [1.82, 2.24) is 4.98 Å². The number of H-pyrrole nitrogens is 1. The summed E-state index contributed by atoms with van der Waals surface area (Å²) in [6.45, 7) is 6.69. The maximum atomic E-state index is 12.2. The highest BCUT2D eigenvalue weighted by molar-refractivity contribution is 5.88. The van der Waals surface area contributed by atoms with Crippen LogP contribution >= 0.6 is 0 Å². The number of fused-ring (bicyclic) bond motifs is 2. The number of hydrogen-bond acceptors (Lipinski definition) is 4. The van der Waals surface area contributed by atoms with Crippen molar-refractivity contribution in [2.75, 3.05) is 0 Å². The van der Waals surface area contributed by atoms with Crippen molar-refractivity contribution in [1.29, 1.82) is 0 Å². The minimum atomic E-state index is -0.557. The number of ether oxygens (including phenoxy) is 1. The fourth-order valence-electron chi connectivity index (χ4n) is 4.11. The van der Waals surface area contributed by atoms with Gasteiger partial charge in [-0.15, -0.1) is 0 Å². The van der Waals surface area contributed by atoms with E-state index < -0.39 is 10.9 Å². The third-order valence-electron chi connectivity index (χ3n) is 6.05. The van der Waals surface area contributed by atoms with Crippen LogP contribution in [0.15, 0.2) is 12.1 Å². The summed E-state index contributed by atoms with van der Waals surface area (Å²) in [6.07, 6.45) is 3.03. The molecule has 6 nitrogen and oxygen atoms in total. The van der Waals surface area contributed by atoms with Gasteiger partial charge in [-0.25, -0.2) is 9.78 Å². The molecular weight excluding hydrogens is 272 g/mol. The predicted molar refractivity (Wildman–Crippen MR) is 75.9 cm³/mol. The van der Waals surface area contributed by atoms with Gasteiger partial charge in [0.05, 0.1) is 0 Å². The first-order chi connectivity index (χ1) is 9.75. The first-order valence-electron chi connectivity index (χ1n) is 7.30. The molecule has 2 aliphatic carbocycles. The van der Waals surface area contributed by atoms with Gasteiger partial charge < -0.3 is 14.9 Å². The molecule has 0 radical (unpaired) electrons. The summed E-state index contributed by atoms with van der Waals surface area (Å²) in [7, 11) is 0. The summed E-state index contributed by atoms with van der Waals surface area (Å²) in [4.78, 5) is 24.8. The number of esters is 1. The first kappa shape index (κ1) is 14.1. The summed E-state index contributed by atoms with van der Waals surface area (Å²) in [5, 5.41) is 10.6. The van der Waals surface area contributed by atoms with Gasteiger partial charge in [0.25, 0.3) is 0 Å². The Hall–Kier alpha value is -1.85. The van der Waals surface area contributed by atoms with Crippen molar-refractivity contribution in [2.45, 2.75) is 46.1 Å². The summed E-state index contributed by atoms with van der Waals surface area (Å²) in [6, 6.07) is 2.68. The Balaban J connectivity index is 1.75. The van der Waals surface area contributed by atoms with Crippen molar-refractivity contribution in [3.63, 3.8) is 0 Å². The van der Waals surface area contributed by atoms with Crippen LogP contribution in [-0.4, -0.2) is 22.0 Å². The maximum absolute atomic E-state index is 12.2. The smallest absolute Gasteiger partial charge is 0.378 e. The molecule has 3 unspecified atom stereocenters. The number of nitrogens with one attached hydrogen (secondary N) is 1. The van der Waals surface area contributed by atoms with E-state index in [-0.39, 0.29) is 28.4 Å². The molecule has 1 aromatic rings. The first-order valence-corrected chi connectivity index (χ1v) is 7.30. The highest BCUT2D eigenvalue weighted by Crippen LogP contribution is 2.66. The Morgan fingerprint density at radius 2 is 2.14 bits per heavy atom. The van der Waals surface area contributed by atoms with Gasteiger partial charge in [0.1, 0.15) is 6.10 Å². The second kappa shape index (κ2) is 4.32. The van der Waals surface area contributed by atoms with E-state index >= 15 is 0 Å². The van der Waals surface area contributed by atoms with E-state index in [1.54, 1.807) is 0 Å². The topological polar surface area (TPSA) is 85.2 Å². The van der Waals surface area contributed by atoms with Gasteiger partial charge in [-0.2, -0.15) is 0 Å². The van der Waals surface area contributed by atoms with E-state index in [0.717, 1.165) is 12.8 Å². The second-order valence-electron chi connectivity index (χ2n) is 7.02. The van der Waals surface area contributed by atoms with E-state index in [1.807, 2.05) is 0 Å². The Morgan fingerprint density at radius 3 is 2.62 bits per heavy atom. The van der Waals surface area contributed by atoms with E-state index in [2.05, 4.69) is 25.8 Å². The van der Waals surface area contributed by atoms with Crippen LogP contribution in [0.5, 0.6) is 0 Å². The molecule has 0 aromatic carbocycles. The van der Waals surface area contributed by atoms with Crippen molar-refractivity contribution >= 4 is 11.8 Å². The number of aromatic nitrogens is 1. The molecule has 6 heteroatoms. The molecule has 0 aliphatic heterocycles. The number of carbonyl (C=O) groups excluding carboxylic acids is 1. The standard InChI is InChI=1S/C15H20N2O4/c1-14(2)9-6-7-15(14,3)11(8-9)21-13(18)10-4-5-12(16-10)17(19)20/h4-5,9,11,16H,6-8H2,1-3H3. The summed E-state index contributed by atoms with van der Waals surface area (Å²) in [5.74, 6) is -0.114. The lowest BCUT2D eigenvalue weighted by Gasteiger charge is -2.38. The number of nitrogens with zero attached hydrogens (tertiary/aromatic N) is 1. The van der Waals surface area contributed by atoms with Gasteiger partial charge in [0, 0.05) is 17.5 Å². The molecule has 2 aliphatic rings. The molecule has 1 N–H and O–H groups in total. The van der Waals surface area contributed by atoms with Crippen LogP contribution < -0.4 is 0 Å². The third-order valence-corrected chi connectivity index (χ3v) is 6.05. The largest absolute Gasteiger partial charge is 0.456 e. The molecule has 2 fully saturated rings. The van der Waals surface area contributed by atoms with Gasteiger partial charge >= 0.3 is 11.8 Å². The molecule has 2 bridgehead atoms. The van der Waals surface area contributed by atoms with Gasteiger partial charge in [0.2, 0.25) is 5.69 Å². The molecule has 2 saturated carbocycles. The fraction of sp³-hybridized carbons (Fsp3) is 0.667. The zero-order chi connectivity index (χ0) is 15.4. The monoisotopic (exact) mass is 292 g/mol. The van der Waals surface area contributed by atoms with E-state index in [0.29, 0.717) is 5.92 Å². The number of hydrogen-bond donors (Lipinski definition) is 1. The normalized spacial score (nSPS) is 33.1. The van der Waals surface area contributed by atoms with Crippen LogP contribution in [0.1, 0.15) is 50.5 Å². The van der Waals surface area contributed by atoms with E-state index in [9.17, 15) is 14.9 Å². The lowest BCUT2D eigenvalue weighted by Crippen LogP contribution is -2.38. The van der Waals surface area contributed by atoms with Crippen LogP contribution in [0.2, 0.25) is 0 Å². The molecule has 0 saturated heterocycles. The Bertz CT molecular complexity index is 607. The number of aromatic amines is 1. The van der Waals surface area contributed by atoms with Gasteiger partial charge in [-0.3, -0.25) is 0 Å². The number of carbonyl (C=O) groups is 1. The zero-order valence-corrected chi connectivity index (χ0v) is 12.5. The molecule has 1 heterocycles. The Kier molecular flexibility index (Phi) is 2.90. The second-order valence-corrected chi connectivity index (χ2v) is 7.02. The van der Waals surface area contributed by atoms with E-state index in [4.69, 9.17) is 4.74 Å². The molecule has 114 valence electrons. The van der Waals surface area contributed by atoms with Gasteiger partial charge in [-0.1, -0.05) is 20.8 Å². The predicted octanol–water partition coefficient (Wildman–Crippen LogP) is 3.29. The van der Waals surface area contributed by atoms with Crippen LogP contribution in [0.3, 0.4) is 0 Å². The highest BCUT2D eigenvalue weighted by atomic mass is 16.6. The number of nitro groups is 1. The molecule has 21 heavy (non-hydrogen) atoms.